The van der Waals surface area contributed by atoms with Crippen LogP contribution in [0.2, 0.25) is 0 Å². The van der Waals surface area contributed by atoms with Gasteiger partial charge in [-0.25, -0.2) is 4.79 Å². The monoisotopic (exact) mass is 155 g/mol. The zero-order valence-electron chi connectivity index (χ0n) is 6.96. The molecule has 0 aliphatic heterocycles. The van der Waals surface area contributed by atoms with Crippen molar-refractivity contribution >= 4 is 5.97 Å². The van der Waals surface area contributed by atoms with Gasteiger partial charge in [0.05, 0.1) is 0 Å². The van der Waals surface area contributed by atoms with Crippen molar-refractivity contribution in [1.82, 2.24) is 5.06 Å². The van der Waals surface area contributed by atoms with Gasteiger partial charge >= 0.3 is 5.97 Å². The molecule has 0 heterocycles. The van der Waals surface area contributed by atoms with E-state index in [-0.39, 0.29) is 0 Å². The summed E-state index contributed by atoms with van der Waals surface area (Å²) < 4.78 is 0. The Bertz CT molecular complexity index is 173. The van der Waals surface area contributed by atoms with E-state index < -0.39 is 5.97 Å². The fraction of sp³-hybridized carbons (Fsp3) is 0.375. The summed E-state index contributed by atoms with van der Waals surface area (Å²) in [4.78, 5) is 15.6. The van der Waals surface area contributed by atoms with Crippen molar-refractivity contribution < 1.29 is 9.63 Å². The molecule has 11 heavy (non-hydrogen) atoms. The van der Waals surface area contributed by atoms with Crippen LogP contribution in [0.25, 0.3) is 0 Å². The first-order valence-corrected chi connectivity index (χ1v) is 3.26. The minimum Gasteiger partial charge on any atom is -0.365 e. The molecule has 0 amide bonds. The minimum absolute atomic E-state index is 0.408. The number of carbonyl (C=O) groups is 1. The van der Waals surface area contributed by atoms with E-state index >= 15 is 0 Å². The molecule has 0 radical (unpaired) electrons. The lowest BCUT2D eigenvalue weighted by Gasteiger charge is -2.09. The number of hydroxylamine groups is 2. The van der Waals surface area contributed by atoms with Gasteiger partial charge in [-0.1, -0.05) is 12.7 Å². The summed E-state index contributed by atoms with van der Waals surface area (Å²) in [7, 11) is 3.28. The van der Waals surface area contributed by atoms with Gasteiger partial charge in [-0.05, 0) is 6.42 Å². The zero-order chi connectivity index (χ0) is 8.85. The third-order valence-corrected chi connectivity index (χ3v) is 0.945. The van der Waals surface area contributed by atoms with E-state index in [0.29, 0.717) is 12.0 Å². The van der Waals surface area contributed by atoms with Crippen LogP contribution in [0.15, 0.2) is 24.8 Å². The predicted octanol–water partition coefficient (Wildman–Crippen LogP) is 1.14. The second kappa shape index (κ2) is 4.68. The predicted molar refractivity (Wildman–Crippen MR) is 43.7 cm³/mol. The molecule has 0 aliphatic carbocycles. The molecule has 0 N–H and O–H groups in total. The molecule has 0 saturated carbocycles. The molecule has 0 rings (SSSR count). The lowest BCUT2D eigenvalue weighted by molar-refractivity contribution is -0.173. The Morgan fingerprint density at radius 2 is 2.18 bits per heavy atom. The summed E-state index contributed by atoms with van der Waals surface area (Å²) in [5.74, 6) is -0.408. The molecule has 3 nitrogen and oxygen atoms in total. The normalized spacial score (nSPS) is 9.36. The zero-order valence-corrected chi connectivity index (χ0v) is 6.96. The Balaban J connectivity index is 3.83. The lowest BCUT2D eigenvalue weighted by atomic mass is 10.2. The van der Waals surface area contributed by atoms with Crippen molar-refractivity contribution in [2.24, 2.45) is 0 Å². The number of carbonyl (C=O) groups excluding carboxylic acids is 1. The summed E-state index contributed by atoms with van der Waals surface area (Å²) >= 11 is 0. The van der Waals surface area contributed by atoms with Gasteiger partial charge in [0.25, 0.3) is 0 Å². The summed E-state index contributed by atoms with van der Waals surface area (Å²) in [6.45, 7) is 7.00. The maximum absolute atomic E-state index is 10.9. The van der Waals surface area contributed by atoms with Crippen LogP contribution in [0.4, 0.5) is 0 Å². The second-order valence-electron chi connectivity index (χ2n) is 2.29. The molecular weight excluding hydrogens is 142 g/mol. The van der Waals surface area contributed by atoms with Gasteiger partial charge in [-0.2, -0.15) is 0 Å². The first-order valence-electron chi connectivity index (χ1n) is 3.26. The number of rotatable bonds is 4. The molecule has 62 valence electrons. The minimum atomic E-state index is -0.408. The average molecular weight is 155 g/mol. The fourth-order valence-electron chi connectivity index (χ4n) is 0.488. The third kappa shape index (κ3) is 4.33. The standard InChI is InChI=1S/C8H13NO2/c1-5-6-7(2)8(10)11-9(3)4/h5H,1-2,6H2,3-4H3. The summed E-state index contributed by atoms with van der Waals surface area (Å²) in [5.41, 5.74) is 0.411. The molecule has 0 atom stereocenters. The molecule has 0 aliphatic rings. The maximum atomic E-state index is 10.9. The number of hydrogen-bond donors (Lipinski definition) is 0. The van der Waals surface area contributed by atoms with Crippen LogP contribution in [0.3, 0.4) is 0 Å². The quantitative estimate of drug-likeness (QED) is 0.346. The summed E-state index contributed by atoms with van der Waals surface area (Å²) in [5, 5.41) is 1.33. The maximum Gasteiger partial charge on any atom is 0.352 e. The van der Waals surface area contributed by atoms with Gasteiger partial charge in [0, 0.05) is 19.7 Å². The van der Waals surface area contributed by atoms with E-state index in [4.69, 9.17) is 4.84 Å². The molecule has 0 fully saturated rings. The van der Waals surface area contributed by atoms with E-state index in [2.05, 4.69) is 13.2 Å². The first kappa shape index (κ1) is 9.91. The average Bonchev–Trinajstić information content (AvgIpc) is 1.86. The molecule has 0 spiro atoms. The van der Waals surface area contributed by atoms with Crippen LogP contribution in [0.5, 0.6) is 0 Å². The Morgan fingerprint density at radius 3 is 2.55 bits per heavy atom. The van der Waals surface area contributed by atoms with Gasteiger partial charge in [0.15, 0.2) is 0 Å². The molecular formula is C8H13NO2. The van der Waals surface area contributed by atoms with E-state index in [1.54, 1.807) is 20.2 Å². The highest BCUT2D eigenvalue weighted by atomic mass is 16.7. The Labute approximate surface area is 66.9 Å². The van der Waals surface area contributed by atoms with Gasteiger partial charge in [0.1, 0.15) is 0 Å². The van der Waals surface area contributed by atoms with Gasteiger partial charge < -0.3 is 4.84 Å². The van der Waals surface area contributed by atoms with E-state index in [0.717, 1.165) is 0 Å². The van der Waals surface area contributed by atoms with Crippen LogP contribution in [0.1, 0.15) is 6.42 Å². The molecule has 0 unspecified atom stereocenters. The first-order chi connectivity index (χ1) is 5.07. The highest BCUT2D eigenvalue weighted by molar-refractivity contribution is 5.87. The second-order valence-corrected chi connectivity index (χ2v) is 2.29. The van der Waals surface area contributed by atoms with E-state index in [1.165, 1.54) is 5.06 Å². The van der Waals surface area contributed by atoms with Crippen LogP contribution < -0.4 is 0 Å². The summed E-state index contributed by atoms with van der Waals surface area (Å²) in [6, 6.07) is 0. The lowest BCUT2D eigenvalue weighted by Crippen LogP contribution is -2.19. The fourth-order valence-corrected chi connectivity index (χ4v) is 0.488. The summed E-state index contributed by atoms with van der Waals surface area (Å²) in [6.07, 6.45) is 2.08. The highest BCUT2D eigenvalue weighted by Gasteiger charge is 2.07. The van der Waals surface area contributed by atoms with Gasteiger partial charge in [-0.15, -0.1) is 11.6 Å². The van der Waals surface area contributed by atoms with Crippen LogP contribution in [-0.2, 0) is 9.63 Å². The van der Waals surface area contributed by atoms with Crippen molar-refractivity contribution in [2.75, 3.05) is 14.1 Å². The topological polar surface area (TPSA) is 29.5 Å². The van der Waals surface area contributed by atoms with Gasteiger partial charge in [0.2, 0.25) is 0 Å². The largest absolute Gasteiger partial charge is 0.365 e. The van der Waals surface area contributed by atoms with Crippen molar-refractivity contribution in [3.8, 4) is 0 Å². The highest BCUT2D eigenvalue weighted by Crippen LogP contribution is 2.01. The Hall–Kier alpha value is -1.09. The Kier molecular flexibility index (Phi) is 4.22. The number of hydrogen-bond acceptors (Lipinski definition) is 3. The smallest absolute Gasteiger partial charge is 0.352 e. The SMILES string of the molecule is C=CCC(=C)C(=O)ON(C)C. The molecule has 0 aromatic carbocycles. The van der Waals surface area contributed by atoms with Crippen molar-refractivity contribution in [2.45, 2.75) is 6.42 Å². The van der Waals surface area contributed by atoms with Gasteiger partial charge in [-0.3, -0.25) is 0 Å². The molecule has 0 saturated heterocycles. The Morgan fingerprint density at radius 1 is 1.64 bits per heavy atom. The molecule has 0 aromatic heterocycles. The number of nitrogens with zero attached hydrogens (tertiary/aromatic N) is 1. The van der Waals surface area contributed by atoms with Crippen molar-refractivity contribution in [3.63, 3.8) is 0 Å². The van der Waals surface area contributed by atoms with Crippen molar-refractivity contribution in [3.05, 3.63) is 24.8 Å². The molecule has 3 heteroatoms. The van der Waals surface area contributed by atoms with E-state index in [1.807, 2.05) is 0 Å². The third-order valence-electron chi connectivity index (χ3n) is 0.945. The van der Waals surface area contributed by atoms with Crippen molar-refractivity contribution in [1.29, 1.82) is 0 Å². The van der Waals surface area contributed by atoms with Crippen LogP contribution in [-0.4, -0.2) is 25.1 Å². The molecule has 0 bridgehead atoms. The number of allylic oxidation sites excluding steroid dienone is 1. The van der Waals surface area contributed by atoms with E-state index in [9.17, 15) is 4.79 Å². The van der Waals surface area contributed by atoms with Crippen LogP contribution in [0, 0.1) is 0 Å². The molecule has 0 aromatic rings. The van der Waals surface area contributed by atoms with Crippen LogP contribution >= 0.6 is 0 Å².